The maximum Gasteiger partial charge on any atom is 0.319 e. The third-order valence-electron chi connectivity index (χ3n) is 3.10. The molecule has 1 aromatic heterocycles. The van der Waals surface area contributed by atoms with Crippen LogP contribution in [0.25, 0.3) is 0 Å². The third-order valence-corrected chi connectivity index (χ3v) is 3.10. The summed E-state index contributed by atoms with van der Waals surface area (Å²) in [6.45, 7) is 0. The molecule has 0 atom stereocenters. The Hall–Kier alpha value is -2.83. The molecule has 0 spiro atoms. The van der Waals surface area contributed by atoms with Gasteiger partial charge in [0.05, 0.1) is 27.0 Å². The van der Waals surface area contributed by atoms with Gasteiger partial charge in [-0.3, -0.25) is 4.79 Å². The van der Waals surface area contributed by atoms with Crippen molar-refractivity contribution in [2.24, 2.45) is 5.73 Å². The van der Waals surface area contributed by atoms with Crippen LogP contribution in [0.15, 0.2) is 24.3 Å². The van der Waals surface area contributed by atoms with Crippen molar-refractivity contribution in [1.29, 1.82) is 0 Å². The molecule has 0 saturated heterocycles. The number of carbonyl (C=O) groups excluding carboxylic acids is 1. The summed E-state index contributed by atoms with van der Waals surface area (Å²) in [7, 11) is 4.42. The lowest BCUT2D eigenvalue weighted by molar-refractivity contribution is 0.0995. The van der Waals surface area contributed by atoms with E-state index in [0.717, 1.165) is 5.56 Å². The largest absolute Gasteiger partial charge is 0.496 e. The van der Waals surface area contributed by atoms with Crippen molar-refractivity contribution < 1.29 is 19.0 Å². The van der Waals surface area contributed by atoms with Crippen LogP contribution in [0.4, 0.5) is 0 Å². The second-order valence-corrected chi connectivity index (χ2v) is 4.39. The molecule has 0 unspecified atom stereocenters. The van der Waals surface area contributed by atoms with Gasteiger partial charge in [-0.05, 0) is 6.07 Å². The fourth-order valence-corrected chi connectivity index (χ4v) is 2.11. The number of benzene rings is 1. The Kier molecular flexibility index (Phi) is 4.77. The van der Waals surface area contributed by atoms with Crippen molar-refractivity contribution in [3.05, 3.63) is 41.1 Å². The molecule has 0 radical (unpaired) electrons. The molecule has 0 aliphatic carbocycles. The smallest absolute Gasteiger partial charge is 0.319 e. The van der Waals surface area contributed by atoms with Crippen LogP contribution in [0.2, 0.25) is 0 Å². The number of nitrogens with zero attached hydrogens (tertiary/aromatic N) is 2. The summed E-state index contributed by atoms with van der Waals surface area (Å²) in [5.41, 5.74) is 6.84. The molecular formula is C15H17N3O4. The van der Waals surface area contributed by atoms with E-state index in [4.69, 9.17) is 19.9 Å². The Morgan fingerprint density at radius 3 is 2.41 bits per heavy atom. The van der Waals surface area contributed by atoms with Gasteiger partial charge in [-0.25, -0.2) is 0 Å². The molecule has 7 heteroatoms. The highest BCUT2D eigenvalue weighted by atomic mass is 16.5. The van der Waals surface area contributed by atoms with Gasteiger partial charge in [0.2, 0.25) is 5.88 Å². The fourth-order valence-electron chi connectivity index (χ4n) is 2.11. The number of ether oxygens (including phenoxy) is 3. The highest BCUT2D eigenvalue weighted by molar-refractivity contribution is 5.96. The van der Waals surface area contributed by atoms with E-state index >= 15 is 0 Å². The molecule has 1 heterocycles. The van der Waals surface area contributed by atoms with Crippen LogP contribution in [0, 0.1) is 0 Å². The van der Waals surface area contributed by atoms with Crippen LogP contribution in [-0.2, 0) is 6.42 Å². The van der Waals surface area contributed by atoms with Crippen LogP contribution >= 0.6 is 0 Å². The lowest BCUT2D eigenvalue weighted by Crippen LogP contribution is -2.18. The Bertz CT molecular complexity index is 688. The maximum atomic E-state index is 11.7. The van der Waals surface area contributed by atoms with Crippen LogP contribution in [0.1, 0.15) is 21.6 Å². The van der Waals surface area contributed by atoms with Crippen LogP contribution < -0.4 is 19.9 Å². The minimum Gasteiger partial charge on any atom is -0.496 e. The van der Waals surface area contributed by atoms with E-state index in [-0.39, 0.29) is 17.5 Å². The molecule has 1 aromatic carbocycles. The first-order valence-electron chi connectivity index (χ1n) is 6.51. The van der Waals surface area contributed by atoms with Crippen molar-refractivity contribution in [3.8, 4) is 17.6 Å². The first kappa shape index (κ1) is 15.6. The van der Waals surface area contributed by atoms with E-state index in [1.54, 1.807) is 7.11 Å². The number of methoxy groups -OCH3 is 3. The summed E-state index contributed by atoms with van der Waals surface area (Å²) in [4.78, 5) is 19.9. The van der Waals surface area contributed by atoms with Crippen molar-refractivity contribution >= 4 is 5.91 Å². The van der Waals surface area contributed by atoms with E-state index in [0.29, 0.717) is 17.9 Å². The number of rotatable bonds is 6. The zero-order valence-electron chi connectivity index (χ0n) is 12.6. The molecule has 116 valence electrons. The molecule has 0 aliphatic rings. The van der Waals surface area contributed by atoms with Gasteiger partial charge in [0.1, 0.15) is 11.3 Å². The van der Waals surface area contributed by atoms with Gasteiger partial charge in [-0.15, -0.1) is 0 Å². The molecule has 2 aromatic rings. The predicted molar refractivity (Wildman–Crippen MR) is 79.5 cm³/mol. The molecule has 0 aliphatic heterocycles. The minimum atomic E-state index is -0.663. The van der Waals surface area contributed by atoms with Gasteiger partial charge >= 0.3 is 6.01 Å². The second-order valence-electron chi connectivity index (χ2n) is 4.39. The van der Waals surface area contributed by atoms with Crippen molar-refractivity contribution in [2.75, 3.05) is 21.3 Å². The van der Waals surface area contributed by atoms with Gasteiger partial charge in [0, 0.05) is 12.0 Å². The van der Waals surface area contributed by atoms with E-state index in [1.807, 2.05) is 24.3 Å². The summed E-state index contributed by atoms with van der Waals surface area (Å²) in [5, 5.41) is 0. The van der Waals surface area contributed by atoms with Crippen LogP contribution in [-0.4, -0.2) is 37.2 Å². The summed E-state index contributed by atoms with van der Waals surface area (Å²) < 4.78 is 15.5. The highest BCUT2D eigenvalue weighted by Crippen LogP contribution is 2.26. The lowest BCUT2D eigenvalue weighted by Gasteiger charge is -2.13. The molecule has 22 heavy (non-hydrogen) atoms. The molecule has 2 N–H and O–H groups in total. The summed E-state index contributed by atoms with van der Waals surface area (Å²) in [6.07, 6.45) is 0.331. The Balaban J connectivity index is 2.55. The molecular weight excluding hydrogens is 286 g/mol. The first-order valence-corrected chi connectivity index (χ1v) is 6.51. The number of para-hydroxylation sites is 1. The van der Waals surface area contributed by atoms with Gasteiger partial charge in [-0.2, -0.15) is 9.97 Å². The number of aromatic nitrogens is 2. The normalized spacial score (nSPS) is 10.1. The number of nitrogens with two attached hydrogens (primary N) is 1. The van der Waals surface area contributed by atoms with E-state index in [9.17, 15) is 4.79 Å². The number of carbonyl (C=O) groups is 1. The Labute approximate surface area is 128 Å². The number of hydrogen-bond acceptors (Lipinski definition) is 6. The average Bonchev–Trinajstić information content (AvgIpc) is 2.54. The molecule has 1 amide bonds. The predicted octanol–water partition coefficient (Wildman–Crippen LogP) is 1.19. The van der Waals surface area contributed by atoms with Gasteiger partial charge < -0.3 is 19.9 Å². The van der Waals surface area contributed by atoms with Crippen molar-refractivity contribution in [2.45, 2.75) is 6.42 Å². The Morgan fingerprint density at radius 2 is 1.82 bits per heavy atom. The number of hydrogen-bond donors (Lipinski definition) is 1. The standard InChI is InChI=1S/C15H17N3O4/c1-20-11-7-5-4-6-9(11)8-10-12(13(16)19)14(21-2)18-15(17-10)22-3/h4-7H,8H2,1-3H3,(H2,16,19). The molecule has 2 rings (SSSR count). The monoisotopic (exact) mass is 303 g/mol. The Morgan fingerprint density at radius 1 is 1.09 bits per heavy atom. The third kappa shape index (κ3) is 3.08. The average molecular weight is 303 g/mol. The summed E-state index contributed by atoms with van der Waals surface area (Å²) in [5.74, 6) is 0.114. The maximum absolute atomic E-state index is 11.7. The zero-order chi connectivity index (χ0) is 16.1. The summed E-state index contributed by atoms with van der Waals surface area (Å²) >= 11 is 0. The highest BCUT2D eigenvalue weighted by Gasteiger charge is 2.21. The van der Waals surface area contributed by atoms with Crippen molar-refractivity contribution in [3.63, 3.8) is 0 Å². The minimum absolute atomic E-state index is 0.0873. The molecule has 0 fully saturated rings. The number of amides is 1. The van der Waals surface area contributed by atoms with E-state index in [2.05, 4.69) is 9.97 Å². The fraction of sp³-hybridized carbons (Fsp3) is 0.267. The summed E-state index contributed by atoms with van der Waals surface area (Å²) in [6, 6.07) is 7.54. The molecule has 0 bridgehead atoms. The van der Waals surface area contributed by atoms with Gasteiger partial charge in [-0.1, -0.05) is 18.2 Å². The number of primary amides is 1. The van der Waals surface area contributed by atoms with Gasteiger partial charge in [0.15, 0.2) is 0 Å². The van der Waals surface area contributed by atoms with E-state index < -0.39 is 5.91 Å². The quantitative estimate of drug-likeness (QED) is 0.861. The van der Waals surface area contributed by atoms with Crippen molar-refractivity contribution in [1.82, 2.24) is 9.97 Å². The van der Waals surface area contributed by atoms with E-state index in [1.165, 1.54) is 14.2 Å². The first-order chi connectivity index (χ1) is 10.6. The second kappa shape index (κ2) is 6.75. The SMILES string of the molecule is COc1nc(Cc2ccccc2OC)c(C(N)=O)c(OC)n1. The van der Waals surface area contributed by atoms with Crippen LogP contribution in [0.5, 0.6) is 17.6 Å². The zero-order valence-corrected chi connectivity index (χ0v) is 12.6. The topological polar surface area (TPSA) is 96.6 Å². The molecule has 0 saturated carbocycles. The lowest BCUT2D eigenvalue weighted by atomic mass is 10.0. The van der Waals surface area contributed by atoms with Crippen LogP contribution in [0.3, 0.4) is 0 Å². The molecule has 7 nitrogen and oxygen atoms in total. The van der Waals surface area contributed by atoms with Gasteiger partial charge in [0.25, 0.3) is 5.91 Å².